The summed E-state index contributed by atoms with van der Waals surface area (Å²) in [6.07, 6.45) is 0.931. The Balaban J connectivity index is 2.70. The van der Waals surface area contributed by atoms with Gasteiger partial charge in [-0.05, 0) is 11.8 Å². The van der Waals surface area contributed by atoms with Gasteiger partial charge in [-0.3, -0.25) is 0 Å². The zero-order chi connectivity index (χ0) is 9.41. The van der Waals surface area contributed by atoms with E-state index < -0.39 is 0 Å². The van der Waals surface area contributed by atoms with Crippen LogP contribution in [0, 0.1) is 10.8 Å². The van der Waals surface area contributed by atoms with Gasteiger partial charge in [0.1, 0.15) is 0 Å². The van der Waals surface area contributed by atoms with Crippen molar-refractivity contribution in [2.75, 3.05) is 20.8 Å². The first-order valence-electron chi connectivity index (χ1n) is 4.30. The first-order chi connectivity index (χ1) is 5.54. The molecule has 0 bridgehead atoms. The number of rotatable bonds is 4. The number of hydrogen-bond acceptors (Lipinski definition) is 3. The van der Waals surface area contributed by atoms with Crippen LogP contribution >= 0.6 is 0 Å². The van der Waals surface area contributed by atoms with Gasteiger partial charge in [-0.2, -0.15) is 0 Å². The summed E-state index contributed by atoms with van der Waals surface area (Å²) >= 11 is 0. The molecule has 2 N–H and O–H groups in total. The number of hydrogen-bond donors (Lipinski definition) is 1. The van der Waals surface area contributed by atoms with Gasteiger partial charge >= 0.3 is 0 Å². The van der Waals surface area contributed by atoms with Crippen LogP contribution in [0.15, 0.2) is 0 Å². The van der Waals surface area contributed by atoms with Crippen molar-refractivity contribution in [1.82, 2.24) is 0 Å². The normalized spacial score (nSPS) is 32.5. The molecular formula is C9H19NO2. The van der Waals surface area contributed by atoms with E-state index in [4.69, 9.17) is 15.2 Å². The van der Waals surface area contributed by atoms with Crippen molar-refractivity contribution in [3.63, 3.8) is 0 Å². The monoisotopic (exact) mass is 173 g/mol. The van der Waals surface area contributed by atoms with Crippen molar-refractivity contribution in [3.8, 4) is 0 Å². The van der Waals surface area contributed by atoms with E-state index in [1.807, 2.05) is 0 Å². The fourth-order valence-corrected chi connectivity index (χ4v) is 2.14. The fourth-order valence-electron chi connectivity index (χ4n) is 2.14. The van der Waals surface area contributed by atoms with Gasteiger partial charge in [-0.25, -0.2) is 0 Å². The topological polar surface area (TPSA) is 44.5 Å². The average Bonchev–Trinajstić information content (AvgIpc) is 2.58. The highest BCUT2D eigenvalue weighted by molar-refractivity contribution is 5.12. The summed E-state index contributed by atoms with van der Waals surface area (Å²) in [5.74, 6) is 0. The molecule has 1 saturated carbocycles. The molecule has 1 atom stereocenters. The van der Waals surface area contributed by atoms with Crippen molar-refractivity contribution in [3.05, 3.63) is 0 Å². The lowest BCUT2D eigenvalue weighted by Gasteiger charge is -2.26. The van der Waals surface area contributed by atoms with Crippen LogP contribution in [0.25, 0.3) is 0 Å². The molecule has 0 aliphatic heterocycles. The van der Waals surface area contributed by atoms with E-state index in [9.17, 15) is 0 Å². The molecule has 0 radical (unpaired) electrons. The summed E-state index contributed by atoms with van der Waals surface area (Å²) in [4.78, 5) is 0. The third-order valence-corrected chi connectivity index (χ3v) is 3.22. The van der Waals surface area contributed by atoms with Crippen LogP contribution < -0.4 is 5.73 Å². The molecule has 0 aromatic carbocycles. The Bertz CT molecular complexity index is 166. The molecule has 1 fully saturated rings. The Morgan fingerprint density at radius 2 is 1.75 bits per heavy atom. The molecule has 3 heteroatoms. The fraction of sp³-hybridized carbons (Fsp3) is 1.00. The predicted octanol–water partition coefficient (Wildman–Crippen LogP) is 0.980. The van der Waals surface area contributed by atoms with Crippen molar-refractivity contribution >= 4 is 0 Å². The molecule has 12 heavy (non-hydrogen) atoms. The molecule has 1 rings (SSSR count). The van der Waals surface area contributed by atoms with Gasteiger partial charge in [0.05, 0.1) is 0 Å². The molecule has 72 valence electrons. The first-order valence-corrected chi connectivity index (χ1v) is 4.30. The summed E-state index contributed by atoms with van der Waals surface area (Å²) in [6.45, 7) is 5.03. The van der Waals surface area contributed by atoms with E-state index >= 15 is 0 Å². The van der Waals surface area contributed by atoms with Gasteiger partial charge in [-0.15, -0.1) is 0 Å². The van der Waals surface area contributed by atoms with Gasteiger partial charge in [0.25, 0.3) is 0 Å². The minimum absolute atomic E-state index is 0.0382. The van der Waals surface area contributed by atoms with Crippen molar-refractivity contribution in [2.45, 2.75) is 26.6 Å². The third kappa shape index (κ3) is 1.16. The van der Waals surface area contributed by atoms with E-state index in [1.54, 1.807) is 14.2 Å². The molecule has 0 saturated heterocycles. The highest BCUT2D eigenvalue weighted by Gasteiger charge is 2.65. The number of methoxy groups -OCH3 is 2. The molecule has 1 aliphatic rings. The van der Waals surface area contributed by atoms with Gasteiger partial charge in [0.15, 0.2) is 6.29 Å². The Kier molecular flexibility index (Phi) is 2.47. The van der Waals surface area contributed by atoms with E-state index in [-0.39, 0.29) is 17.1 Å². The van der Waals surface area contributed by atoms with Crippen molar-refractivity contribution in [2.24, 2.45) is 16.6 Å². The third-order valence-electron chi connectivity index (χ3n) is 3.22. The smallest absolute Gasteiger partial charge is 0.164 e. The van der Waals surface area contributed by atoms with Gasteiger partial charge < -0.3 is 15.2 Å². The molecule has 0 spiro atoms. The average molecular weight is 173 g/mol. The molecule has 1 aliphatic carbocycles. The van der Waals surface area contributed by atoms with E-state index in [0.29, 0.717) is 6.54 Å². The number of nitrogens with two attached hydrogens (primary N) is 1. The van der Waals surface area contributed by atoms with E-state index in [1.165, 1.54) is 0 Å². The Hall–Kier alpha value is -0.120. The molecule has 0 amide bonds. The maximum Gasteiger partial charge on any atom is 0.164 e. The van der Waals surface area contributed by atoms with E-state index in [2.05, 4.69) is 13.8 Å². The minimum Gasteiger partial charge on any atom is -0.355 e. The first kappa shape index (κ1) is 9.96. The lowest BCUT2D eigenvalue weighted by atomic mass is 9.95. The molecule has 3 nitrogen and oxygen atoms in total. The van der Waals surface area contributed by atoms with E-state index in [0.717, 1.165) is 6.42 Å². The molecular weight excluding hydrogens is 154 g/mol. The molecule has 0 aromatic rings. The van der Waals surface area contributed by atoms with Crippen molar-refractivity contribution in [1.29, 1.82) is 0 Å². The summed E-state index contributed by atoms with van der Waals surface area (Å²) in [5.41, 5.74) is 6.04. The predicted molar refractivity (Wildman–Crippen MR) is 47.7 cm³/mol. The van der Waals surface area contributed by atoms with Gasteiger partial charge in [0, 0.05) is 26.2 Å². The summed E-state index contributed by atoms with van der Waals surface area (Å²) in [7, 11) is 3.33. The zero-order valence-corrected chi connectivity index (χ0v) is 8.39. The van der Waals surface area contributed by atoms with Crippen LogP contribution in [0.3, 0.4) is 0 Å². The van der Waals surface area contributed by atoms with Crippen LogP contribution in [-0.4, -0.2) is 27.1 Å². The molecule has 1 unspecified atom stereocenters. The highest BCUT2D eigenvalue weighted by atomic mass is 16.7. The van der Waals surface area contributed by atoms with Gasteiger partial charge in [-0.1, -0.05) is 13.8 Å². The lowest BCUT2D eigenvalue weighted by Crippen LogP contribution is -2.36. The summed E-state index contributed by atoms with van der Waals surface area (Å²) in [6, 6.07) is 0. The Morgan fingerprint density at radius 3 is 1.83 bits per heavy atom. The summed E-state index contributed by atoms with van der Waals surface area (Å²) < 4.78 is 10.5. The van der Waals surface area contributed by atoms with Gasteiger partial charge in [0.2, 0.25) is 0 Å². The largest absolute Gasteiger partial charge is 0.355 e. The molecule has 0 heterocycles. The van der Waals surface area contributed by atoms with Crippen molar-refractivity contribution < 1.29 is 9.47 Å². The maximum absolute atomic E-state index is 5.74. The Morgan fingerprint density at radius 1 is 1.33 bits per heavy atom. The minimum atomic E-state index is -0.155. The SMILES string of the molecule is COC(OC)C1(CN)CC1(C)C. The highest BCUT2D eigenvalue weighted by Crippen LogP contribution is 2.65. The van der Waals surface area contributed by atoms with Crippen LogP contribution in [-0.2, 0) is 9.47 Å². The maximum atomic E-state index is 5.74. The number of ether oxygens (including phenoxy) is 2. The second-order valence-electron chi connectivity index (χ2n) is 4.22. The summed E-state index contributed by atoms with van der Waals surface area (Å²) in [5, 5.41) is 0. The van der Waals surface area contributed by atoms with Crippen LogP contribution in [0.1, 0.15) is 20.3 Å². The quantitative estimate of drug-likeness (QED) is 0.644. The van der Waals surface area contributed by atoms with Crippen LogP contribution in [0.2, 0.25) is 0 Å². The van der Waals surface area contributed by atoms with Crippen LogP contribution in [0.4, 0.5) is 0 Å². The standard InChI is InChI=1S/C9H19NO2/c1-8(2)5-9(8,6-10)7(11-3)12-4/h7H,5-6,10H2,1-4H3. The second-order valence-corrected chi connectivity index (χ2v) is 4.22. The molecule has 0 aromatic heterocycles. The zero-order valence-electron chi connectivity index (χ0n) is 8.39. The Labute approximate surface area is 74.2 Å². The second kappa shape index (κ2) is 2.98. The van der Waals surface area contributed by atoms with Crippen LogP contribution in [0.5, 0.6) is 0 Å². The lowest BCUT2D eigenvalue weighted by molar-refractivity contribution is -0.152.